The van der Waals surface area contributed by atoms with Gasteiger partial charge in [0.15, 0.2) is 16.6 Å². The lowest BCUT2D eigenvalue weighted by molar-refractivity contribution is -0.148. The predicted octanol–water partition coefficient (Wildman–Crippen LogP) is 3.40. The summed E-state index contributed by atoms with van der Waals surface area (Å²) in [5.74, 6) is 0.959. The lowest BCUT2D eigenvalue weighted by Gasteiger charge is -2.18. The molecule has 0 bridgehead atoms. The number of carbonyl (C=O) groups is 2. The number of nitrogens with one attached hydrogen (secondary N) is 1. The normalized spacial score (nSPS) is 15.3. The number of ether oxygens (including phenoxy) is 3. The molecule has 1 aromatic heterocycles. The zero-order valence-electron chi connectivity index (χ0n) is 16.9. The number of methoxy groups -OCH3 is 2. The molecular weight excluding hydrogens is 392 g/mol. The molecule has 0 radical (unpaired) electrons. The molecule has 1 aliphatic rings. The van der Waals surface area contributed by atoms with Crippen molar-refractivity contribution in [1.29, 1.82) is 0 Å². The quantitative estimate of drug-likeness (QED) is 0.661. The van der Waals surface area contributed by atoms with Crippen LogP contribution in [-0.4, -0.2) is 37.7 Å². The zero-order valence-corrected chi connectivity index (χ0v) is 17.8. The second-order valence-electron chi connectivity index (χ2n) is 6.82. The van der Waals surface area contributed by atoms with E-state index in [4.69, 9.17) is 14.2 Å². The van der Waals surface area contributed by atoms with E-state index in [1.807, 2.05) is 25.1 Å². The van der Waals surface area contributed by atoms with Crippen molar-refractivity contribution in [3.05, 3.63) is 34.3 Å². The molecule has 0 saturated carbocycles. The summed E-state index contributed by atoms with van der Waals surface area (Å²) in [7, 11) is 3.18. The minimum atomic E-state index is -0.146. The van der Waals surface area contributed by atoms with Crippen LogP contribution in [0.4, 0.5) is 5.13 Å². The van der Waals surface area contributed by atoms with Gasteiger partial charge < -0.3 is 19.5 Å². The number of hydrogen-bond acceptors (Lipinski definition) is 7. The van der Waals surface area contributed by atoms with Crippen molar-refractivity contribution in [3.8, 4) is 11.5 Å². The Hall–Kier alpha value is -2.61. The Labute approximate surface area is 174 Å². The molecule has 2 aromatic rings. The number of anilines is 1. The summed E-state index contributed by atoms with van der Waals surface area (Å²) in [4.78, 5) is 29.9. The van der Waals surface area contributed by atoms with E-state index in [0.29, 0.717) is 42.5 Å². The number of esters is 1. The minimum Gasteiger partial charge on any atom is -0.493 e. The maximum atomic E-state index is 12.4. The summed E-state index contributed by atoms with van der Waals surface area (Å²) >= 11 is 1.45. The first-order valence-electron chi connectivity index (χ1n) is 9.70. The summed E-state index contributed by atoms with van der Waals surface area (Å²) in [5.41, 5.74) is 1.97. The van der Waals surface area contributed by atoms with Gasteiger partial charge in [0.1, 0.15) is 0 Å². The van der Waals surface area contributed by atoms with Crippen LogP contribution in [0.25, 0.3) is 0 Å². The van der Waals surface area contributed by atoms with Gasteiger partial charge in [-0.15, -0.1) is 11.3 Å². The predicted molar refractivity (Wildman–Crippen MR) is 111 cm³/mol. The van der Waals surface area contributed by atoms with Gasteiger partial charge >= 0.3 is 5.97 Å². The molecule has 0 aliphatic heterocycles. The van der Waals surface area contributed by atoms with E-state index in [1.165, 1.54) is 11.3 Å². The number of benzene rings is 1. The Kier molecular flexibility index (Phi) is 7.09. The molecule has 3 rings (SSSR count). The van der Waals surface area contributed by atoms with Crippen molar-refractivity contribution in [2.75, 3.05) is 26.1 Å². The number of nitrogens with zero attached hydrogens (tertiary/aromatic N) is 1. The van der Waals surface area contributed by atoms with E-state index in [0.717, 1.165) is 29.0 Å². The summed E-state index contributed by atoms with van der Waals surface area (Å²) < 4.78 is 15.7. The summed E-state index contributed by atoms with van der Waals surface area (Å²) in [6.45, 7) is 2.21. The molecular formula is C21H26N2O5S. The van der Waals surface area contributed by atoms with Crippen LogP contribution < -0.4 is 14.8 Å². The first kappa shape index (κ1) is 21.1. The Morgan fingerprint density at radius 3 is 2.76 bits per heavy atom. The Balaban J connectivity index is 1.55. The number of rotatable bonds is 8. The fourth-order valence-electron chi connectivity index (χ4n) is 3.37. The van der Waals surface area contributed by atoms with Crippen molar-refractivity contribution in [3.63, 3.8) is 0 Å². The molecule has 1 aliphatic carbocycles. The van der Waals surface area contributed by atoms with Gasteiger partial charge in [-0.2, -0.15) is 0 Å². The third kappa shape index (κ3) is 5.26. The Morgan fingerprint density at radius 2 is 2.03 bits per heavy atom. The summed E-state index contributed by atoms with van der Waals surface area (Å²) in [6, 6.07) is 5.64. The molecule has 1 amide bonds. The summed E-state index contributed by atoms with van der Waals surface area (Å²) in [6.07, 6.45) is 3.03. The first-order chi connectivity index (χ1) is 14.0. The second kappa shape index (κ2) is 9.73. The molecule has 1 heterocycles. The number of hydrogen-bond donors (Lipinski definition) is 1. The molecule has 8 heteroatoms. The van der Waals surface area contributed by atoms with Crippen molar-refractivity contribution in [2.45, 2.75) is 39.0 Å². The van der Waals surface area contributed by atoms with E-state index >= 15 is 0 Å². The number of aromatic nitrogens is 1. The molecule has 7 nitrogen and oxygen atoms in total. The molecule has 1 aromatic carbocycles. The van der Waals surface area contributed by atoms with Crippen molar-refractivity contribution in [2.24, 2.45) is 5.92 Å². The van der Waals surface area contributed by atoms with Crippen LogP contribution in [0.3, 0.4) is 0 Å². The maximum Gasteiger partial charge on any atom is 0.309 e. The van der Waals surface area contributed by atoms with Gasteiger partial charge in [0.05, 0.1) is 32.4 Å². The lowest BCUT2D eigenvalue weighted by Crippen LogP contribution is -2.24. The van der Waals surface area contributed by atoms with E-state index in [-0.39, 0.29) is 17.8 Å². The van der Waals surface area contributed by atoms with Crippen LogP contribution in [0.1, 0.15) is 35.9 Å². The number of amides is 1. The van der Waals surface area contributed by atoms with Crippen LogP contribution in [-0.2, 0) is 33.6 Å². The molecule has 0 spiro atoms. The first-order valence-corrected chi connectivity index (χ1v) is 10.5. The van der Waals surface area contributed by atoms with Crippen LogP contribution in [0.5, 0.6) is 11.5 Å². The zero-order chi connectivity index (χ0) is 20.8. The highest BCUT2D eigenvalue weighted by Crippen LogP contribution is 2.33. The topological polar surface area (TPSA) is 86.8 Å². The van der Waals surface area contributed by atoms with Gasteiger partial charge in [0, 0.05) is 11.3 Å². The molecule has 156 valence electrons. The molecule has 1 unspecified atom stereocenters. The smallest absolute Gasteiger partial charge is 0.309 e. The molecule has 1 atom stereocenters. The average molecular weight is 419 g/mol. The van der Waals surface area contributed by atoms with Crippen LogP contribution >= 0.6 is 11.3 Å². The summed E-state index contributed by atoms with van der Waals surface area (Å²) in [5, 5.41) is 3.48. The van der Waals surface area contributed by atoms with E-state index in [1.54, 1.807) is 14.2 Å². The SMILES string of the molecule is CCOC(=O)C1CCc2nc(NC(=O)CCc3ccc(OC)c(OC)c3)sc2C1. The fraction of sp³-hybridized carbons (Fsp3) is 0.476. The highest BCUT2D eigenvalue weighted by molar-refractivity contribution is 7.15. The highest BCUT2D eigenvalue weighted by Gasteiger charge is 2.28. The van der Waals surface area contributed by atoms with Gasteiger partial charge in [-0.1, -0.05) is 6.07 Å². The number of carbonyl (C=O) groups excluding carboxylic acids is 2. The van der Waals surface area contributed by atoms with E-state index < -0.39 is 0 Å². The largest absolute Gasteiger partial charge is 0.493 e. The van der Waals surface area contributed by atoms with Crippen molar-refractivity contribution in [1.82, 2.24) is 4.98 Å². The molecule has 0 fully saturated rings. The van der Waals surface area contributed by atoms with Crippen LogP contribution in [0.2, 0.25) is 0 Å². The van der Waals surface area contributed by atoms with Gasteiger partial charge in [0.25, 0.3) is 0 Å². The van der Waals surface area contributed by atoms with Gasteiger partial charge in [0.2, 0.25) is 5.91 Å². The van der Waals surface area contributed by atoms with E-state index in [2.05, 4.69) is 10.3 Å². The number of thiazole rings is 1. The average Bonchev–Trinajstić information content (AvgIpc) is 3.13. The number of fused-ring (bicyclic) bond motifs is 1. The Morgan fingerprint density at radius 1 is 1.24 bits per heavy atom. The van der Waals surface area contributed by atoms with Crippen molar-refractivity contribution >= 4 is 28.3 Å². The van der Waals surface area contributed by atoms with Gasteiger partial charge in [-0.3, -0.25) is 9.59 Å². The van der Waals surface area contributed by atoms with Crippen LogP contribution in [0.15, 0.2) is 18.2 Å². The lowest BCUT2D eigenvalue weighted by atomic mass is 9.91. The van der Waals surface area contributed by atoms with Crippen LogP contribution in [0, 0.1) is 5.92 Å². The molecule has 0 saturated heterocycles. The molecule has 29 heavy (non-hydrogen) atoms. The monoisotopic (exact) mass is 418 g/mol. The third-order valence-corrected chi connectivity index (χ3v) is 5.93. The third-order valence-electron chi connectivity index (χ3n) is 4.89. The van der Waals surface area contributed by atoms with Crippen molar-refractivity contribution < 1.29 is 23.8 Å². The second-order valence-corrected chi connectivity index (χ2v) is 7.90. The maximum absolute atomic E-state index is 12.4. The van der Waals surface area contributed by atoms with Gasteiger partial charge in [-0.25, -0.2) is 4.98 Å². The minimum absolute atomic E-state index is 0.0900. The van der Waals surface area contributed by atoms with Gasteiger partial charge in [-0.05, 0) is 50.3 Å². The highest BCUT2D eigenvalue weighted by atomic mass is 32.1. The fourth-order valence-corrected chi connectivity index (χ4v) is 4.47. The van der Waals surface area contributed by atoms with E-state index in [9.17, 15) is 9.59 Å². The Bertz CT molecular complexity index is 880. The number of aryl methyl sites for hydroxylation is 2. The standard InChI is InChI=1S/C21H26N2O5S/c1-4-28-20(25)14-7-8-15-18(12-14)29-21(22-15)23-19(24)10-6-13-5-9-16(26-2)17(11-13)27-3/h5,9,11,14H,4,6-8,10,12H2,1-3H3,(H,22,23,24). The molecule has 1 N–H and O–H groups in total.